The van der Waals surface area contributed by atoms with Crippen LogP contribution < -0.4 is 10.1 Å². The van der Waals surface area contributed by atoms with Gasteiger partial charge in [-0.15, -0.1) is 0 Å². The minimum absolute atomic E-state index is 0.278. The quantitative estimate of drug-likeness (QED) is 0.419. The molecule has 4 rings (SSSR count). The first kappa shape index (κ1) is 22.1. The Hall–Kier alpha value is -4.09. The van der Waals surface area contributed by atoms with Crippen molar-refractivity contribution in [3.05, 3.63) is 88.4 Å². The molecule has 164 valence electrons. The van der Waals surface area contributed by atoms with Crippen LogP contribution in [-0.2, 0) is 0 Å². The van der Waals surface area contributed by atoms with Crippen LogP contribution in [0.5, 0.6) is 10.9 Å². The van der Waals surface area contributed by atoms with Crippen molar-refractivity contribution in [3.8, 4) is 28.1 Å². The van der Waals surface area contributed by atoms with Gasteiger partial charge in [-0.05, 0) is 61.7 Å². The Balaban J connectivity index is 1.70. The van der Waals surface area contributed by atoms with Gasteiger partial charge < -0.3 is 10.1 Å². The number of carbonyl (C=O) groups is 1. The van der Waals surface area contributed by atoms with Crippen LogP contribution in [0.4, 0.5) is 0 Å². The van der Waals surface area contributed by atoms with Gasteiger partial charge in [0.05, 0.1) is 17.7 Å². The van der Waals surface area contributed by atoms with E-state index >= 15 is 0 Å². The minimum Gasteiger partial charge on any atom is -0.431 e. The fraction of sp³-hybridized carbons (Fsp3) is 0.160. The lowest BCUT2D eigenvalue weighted by atomic mass is 9.96. The van der Waals surface area contributed by atoms with E-state index in [1.165, 1.54) is 11.3 Å². The van der Waals surface area contributed by atoms with E-state index in [9.17, 15) is 10.1 Å². The van der Waals surface area contributed by atoms with E-state index < -0.39 is 0 Å². The zero-order valence-corrected chi connectivity index (χ0v) is 19.2. The maximum absolute atomic E-state index is 13.2. The Bertz CT molecular complexity index is 1330. The smallest absolute Gasteiger partial charge is 0.278 e. The summed E-state index contributed by atoms with van der Waals surface area (Å²) in [7, 11) is 0. The summed E-state index contributed by atoms with van der Waals surface area (Å²) in [5.41, 5.74) is 4.15. The lowest BCUT2D eigenvalue weighted by Crippen LogP contribution is -2.27. The van der Waals surface area contributed by atoms with Gasteiger partial charge in [0.1, 0.15) is 11.6 Å². The standard InChI is InChI=1S/C25H21N5O2S/c1-15-4-5-23(20(8-15)12-26)18-9-19(11-22(10-18)32-25-27-6-7-33-25)24(31)30-16(2)21-13-28-17(3)29-14-21/h4-11,13-14,16H,1-3H3,(H,30,31). The number of aromatic nitrogens is 3. The normalized spacial score (nSPS) is 11.5. The number of rotatable bonds is 6. The Kier molecular flexibility index (Phi) is 6.43. The third-order valence-corrected chi connectivity index (χ3v) is 5.69. The van der Waals surface area contributed by atoms with Gasteiger partial charge in [0.15, 0.2) is 0 Å². The van der Waals surface area contributed by atoms with E-state index in [4.69, 9.17) is 4.74 Å². The molecule has 0 aliphatic heterocycles. The van der Waals surface area contributed by atoms with Crippen molar-refractivity contribution >= 4 is 17.2 Å². The highest BCUT2D eigenvalue weighted by atomic mass is 32.1. The maximum atomic E-state index is 13.2. The van der Waals surface area contributed by atoms with E-state index in [1.54, 1.807) is 36.8 Å². The van der Waals surface area contributed by atoms with Crippen molar-refractivity contribution in [2.45, 2.75) is 26.8 Å². The van der Waals surface area contributed by atoms with Gasteiger partial charge in [0.2, 0.25) is 0 Å². The molecule has 0 aliphatic carbocycles. The van der Waals surface area contributed by atoms with Crippen LogP contribution in [0.1, 0.15) is 45.8 Å². The summed E-state index contributed by atoms with van der Waals surface area (Å²) in [6, 6.07) is 12.8. The molecule has 7 nitrogen and oxygen atoms in total. The summed E-state index contributed by atoms with van der Waals surface area (Å²) in [5, 5.41) is 14.9. The molecule has 1 amide bonds. The van der Waals surface area contributed by atoms with Gasteiger partial charge in [-0.25, -0.2) is 15.0 Å². The highest BCUT2D eigenvalue weighted by Gasteiger charge is 2.17. The molecule has 2 heterocycles. The maximum Gasteiger partial charge on any atom is 0.278 e. The third kappa shape index (κ3) is 5.22. The van der Waals surface area contributed by atoms with Crippen molar-refractivity contribution in [2.75, 3.05) is 0 Å². The van der Waals surface area contributed by atoms with E-state index in [1.807, 2.05) is 44.4 Å². The first-order chi connectivity index (χ1) is 15.9. The number of hydrogen-bond donors (Lipinski definition) is 1. The van der Waals surface area contributed by atoms with Crippen LogP contribution in [-0.4, -0.2) is 20.9 Å². The van der Waals surface area contributed by atoms with Gasteiger partial charge in [-0.3, -0.25) is 4.79 Å². The summed E-state index contributed by atoms with van der Waals surface area (Å²) >= 11 is 1.35. The number of nitrogens with zero attached hydrogens (tertiary/aromatic N) is 4. The largest absolute Gasteiger partial charge is 0.431 e. The summed E-state index contributed by atoms with van der Waals surface area (Å²) in [6.07, 6.45) is 5.05. The molecule has 8 heteroatoms. The second-order valence-corrected chi connectivity index (χ2v) is 8.42. The lowest BCUT2D eigenvalue weighted by Gasteiger charge is -2.15. The van der Waals surface area contributed by atoms with Crippen molar-refractivity contribution in [2.24, 2.45) is 0 Å². The fourth-order valence-electron chi connectivity index (χ4n) is 3.30. The summed E-state index contributed by atoms with van der Waals surface area (Å²) in [6.45, 7) is 5.61. The van der Waals surface area contributed by atoms with Gasteiger partial charge in [-0.2, -0.15) is 5.26 Å². The predicted octanol–water partition coefficient (Wildman–Crippen LogP) is 5.37. The molecule has 0 saturated carbocycles. The average Bonchev–Trinajstić information content (AvgIpc) is 3.32. The lowest BCUT2D eigenvalue weighted by molar-refractivity contribution is 0.0939. The number of ether oxygens (including phenoxy) is 1. The Labute approximate surface area is 195 Å². The second-order valence-electron chi connectivity index (χ2n) is 7.57. The van der Waals surface area contributed by atoms with Crippen molar-refractivity contribution in [3.63, 3.8) is 0 Å². The summed E-state index contributed by atoms with van der Waals surface area (Å²) in [4.78, 5) is 25.7. The van der Waals surface area contributed by atoms with Gasteiger partial charge in [0.25, 0.3) is 11.1 Å². The van der Waals surface area contributed by atoms with Crippen LogP contribution in [0.15, 0.2) is 60.4 Å². The van der Waals surface area contributed by atoms with Crippen LogP contribution in [0.2, 0.25) is 0 Å². The monoisotopic (exact) mass is 455 g/mol. The predicted molar refractivity (Wildman–Crippen MR) is 126 cm³/mol. The van der Waals surface area contributed by atoms with Crippen molar-refractivity contribution in [1.82, 2.24) is 20.3 Å². The second kappa shape index (κ2) is 9.59. The number of hydrogen-bond acceptors (Lipinski definition) is 7. The highest BCUT2D eigenvalue weighted by Crippen LogP contribution is 2.32. The van der Waals surface area contributed by atoms with Crippen molar-refractivity contribution < 1.29 is 9.53 Å². The highest BCUT2D eigenvalue weighted by molar-refractivity contribution is 7.11. The molecule has 1 unspecified atom stereocenters. The number of carbonyl (C=O) groups excluding carboxylic acids is 1. The van der Waals surface area contributed by atoms with Gasteiger partial charge in [-0.1, -0.05) is 23.5 Å². The van der Waals surface area contributed by atoms with Crippen LogP contribution in [0, 0.1) is 25.2 Å². The van der Waals surface area contributed by atoms with Crippen LogP contribution in [0.3, 0.4) is 0 Å². The van der Waals surface area contributed by atoms with Gasteiger partial charge >= 0.3 is 0 Å². The van der Waals surface area contributed by atoms with Crippen LogP contribution in [0.25, 0.3) is 11.1 Å². The molecule has 0 bridgehead atoms. The topological polar surface area (TPSA) is 101 Å². The van der Waals surface area contributed by atoms with Crippen molar-refractivity contribution in [1.29, 1.82) is 5.26 Å². The average molecular weight is 456 g/mol. The number of nitrogens with one attached hydrogen (secondary N) is 1. The number of nitriles is 1. The first-order valence-corrected chi connectivity index (χ1v) is 11.1. The molecule has 0 aliphatic rings. The molecule has 4 aromatic rings. The Morgan fingerprint density at radius 2 is 1.91 bits per heavy atom. The molecule has 2 aromatic heterocycles. The van der Waals surface area contributed by atoms with E-state index in [0.717, 1.165) is 16.7 Å². The zero-order chi connectivity index (χ0) is 23.4. The third-order valence-electron chi connectivity index (χ3n) is 5.04. The molecule has 2 aromatic carbocycles. The molecular weight excluding hydrogens is 434 g/mol. The van der Waals surface area contributed by atoms with E-state index in [0.29, 0.717) is 33.5 Å². The molecule has 1 atom stereocenters. The van der Waals surface area contributed by atoms with E-state index in [2.05, 4.69) is 26.3 Å². The number of aryl methyl sites for hydroxylation is 2. The van der Waals surface area contributed by atoms with Crippen LogP contribution >= 0.6 is 11.3 Å². The number of amides is 1. The van der Waals surface area contributed by atoms with E-state index in [-0.39, 0.29) is 11.9 Å². The fourth-order valence-corrected chi connectivity index (χ4v) is 3.80. The molecule has 0 spiro atoms. The van der Waals surface area contributed by atoms with Gasteiger partial charge in [0, 0.05) is 35.1 Å². The first-order valence-electron chi connectivity index (χ1n) is 10.3. The molecule has 1 N–H and O–H groups in total. The molecule has 0 saturated heterocycles. The minimum atomic E-state index is -0.292. The zero-order valence-electron chi connectivity index (χ0n) is 18.4. The summed E-state index contributed by atoms with van der Waals surface area (Å²) in [5.74, 6) is 0.850. The number of benzene rings is 2. The molecule has 0 fully saturated rings. The molecule has 33 heavy (non-hydrogen) atoms. The Morgan fingerprint density at radius 3 is 2.61 bits per heavy atom. The Morgan fingerprint density at radius 1 is 1.12 bits per heavy atom. The molecular formula is C25H21N5O2S. The SMILES string of the molecule is Cc1ccc(-c2cc(Oc3nccs3)cc(C(=O)NC(C)c3cnc(C)nc3)c2)c(C#N)c1. The molecule has 0 radical (unpaired) electrons. The summed E-state index contributed by atoms with van der Waals surface area (Å²) < 4.78 is 5.90. The number of thiazole rings is 1.